The van der Waals surface area contributed by atoms with Crippen molar-refractivity contribution < 1.29 is 28.9 Å². The summed E-state index contributed by atoms with van der Waals surface area (Å²) in [6.45, 7) is 0.931. The Balaban J connectivity index is 1.47. The number of pyridine rings is 1. The van der Waals surface area contributed by atoms with Crippen molar-refractivity contribution in [2.45, 2.75) is 36.7 Å². The molecule has 1 saturated heterocycles. The molecule has 37 heavy (non-hydrogen) atoms. The molecule has 0 unspecified atom stereocenters. The van der Waals surface area contributed by atoms with Crippen LogP contribution < -0.4 is 15.6 Å². The predicted molar refractivity (Wildman–Crippen MR) is 142 cm³/mol. The molecule has 3 aliphatic heterocycles. The summed E-state index contributed by atoms with van der Waals surface area (Å²) in [4.78, 5) is 49.2. The number of amides is 2. The lowest BCUT2D eigenvalue weighted by atomic mass is 9.87. The Labute approximate surface area is 225 Å². The van der Waals surface area contributed by atoms with Crippen LogP contribution in [0.15, 0.2) is 34.6 Å². The maximum atomic E-state index is 13.5. The van der Waals surface area contributed by atoms with Crippen molar-refractivity contribution in [2.24, 2.45) is 5.16 Å². The normalized spacial score (nSPS) is 23.1. The average Bonchev–Trinajstić information content (AvgIpc) is 3.34. The highest BCUT2D eigenvalue weighted by Crippen LogP contribution is 2.47. The summed E-state index contributed by atoms with van der Waals surface area (Å²) < 4.78 is 2.17. The first-order chi connectivity index (χ1) is 17.8. The molecule has 5 heterocycles. The van der Waals surface area contributed by atoms with E-state index in [2.05, 4.69) is 20.0 Å². The highest BCUT2D eigenvalue weighted by Gasteiger charge is 2.65. The van der Waals surface area contributed by atoms with Crippen LogP contribution in [0.1, 0.15) is 29.8 Å². The second-order valence-electron chi connectivity index (χ2n) is 8.66. The SMILES string of the molecule is CO/N=C(\C(=O)N[C@]1(C=S)C(=O)N2C(C(=O)O)=C(c3cc[n+]4c(c3)CCCC4)CS[C@H]21)c1csc(N)n1. The van der Waals surface area contributed by atoms with Gasteiger partial charge in [0.1, 0.15) is 30.4 Å². The number of aryl methyl sites for hydroxylation is 2. The van der Waals surface area contributed by atoms with Crippen molar-refractivity contribution in [1.29, 1.82) is 0 Å². The van der Waals surface area contributed by atoms with E-state index in [1.54, 1.807) is 0 Å². The van der Waals surface area contributed by atoms with E-state index in [0.29, 0.717) is 11.3 Å². The number of rotatable bonds is 7. The van der Waals surface area contributed by atoms with Gasteiger partial charge in [0.15, 0.2) is 28.3 Å². The monoisotopic (exact) mass is 559 g/mol. The highest BCUT2D eigenvalue weighted by atomic mass is 32.2. The van der Waals surface area contributed by atoms with E-state index < -0.39 is 28.7 Å². The molecule has 11 nitrogen and oxygen atoms in total. The second-order valence-corrected chi connectivity index (χ2v) is 10.9. The third-order valence-corrected chi connectivity index (χ3v) is 8.93. The number of hydrogen-bond donors (Lipinski definition) is 3. The number of thiocarbonyl (C=S) groups is 1. The minimum atomic E-state index is -1.61. The molecule has 0 radical (unpaired) electrons. The van der Waals surface area contributed by atoms with Gasteiger partial charge in [0.05, 0.1) is 0 Å². The first-order valence-corrected chi connectivity index (χ1v) is 13.8. The Kier molecular flexibility index (Phi) is 6.72. The Morgan fingerprint density at radius 2 is 2.27 bits per heavy atom. The minimum absolute atomic E-state index is 0.103. The van der Waals surface area contributed by atoms with E-state index in [9.17, 15) is 19.5 Å². The van der Waals surface area contributed by atoms with Gasteiger partial charge in [-0.25, -0.2) is 14.3 Å². The van der Waals surface area contributed by atoms with Crippen molar-refractivity contribution in [3.63, 3.8) is 0 Å². The van der Waals surface area contributed by atoms with Crippen molar-refractivity contribution in [1.82, 2.24) is 15.2 Å². The number of carbonyl (C=O) groups is 3. The maximum Gasteiger partial charge on any atom is 0.352 e. The van der Waals surface area contributed by atoms with Crippen LogP contribution in [0.3, 0.4) is 0 Å². The van der Waals surface area contributed by atoms with Crippen LogP contribution in [0.2, 0.25) is 0 Å². The summed E-state index contributed by atoms with van der Waals surface area (Å²) in [6, 6.07) is 3.89. The molecule has 2 aromatic heterocycles. The number of thioether (sulfide) groups is 1. The van der Waals surface area contributed by atoms with Crippen LogP contribution in [-0.4, -0.2) is 67.6 Å². The number of carboxylic acid groups (broad SMARTS) is 1. The van der Waals surface area contributed by atoms with Gasteiger partial charge >= 0.3 is 5.97 Å². The molecule has 0 saturated carbocycles. The van der Waals surface area contributed by atoms with Gasteiger partial charge in [-0.2, -0.15) is 0 Å². The number of aliphatic carboxylic acids is 1. The van der Waals surface area contributed by atoms with Crippen LogP contribution in [0.25, 0.3) is 5.57 Å². The first-order valence-electron chi connectivity index (χ1n) is 11.4. The number of anilines is 1. The van der Waals surface area contributed by atoms with E-state index in [0.717, 1.165) is 48.4 Å². The van der Waals surface area contributed by atoms with E-state index in [-0.39, 0.29) is 22.2 Å². The maximum absolute atomic E-state index is 13.5. The van der Waals surface area contributed by atoms with Gasteiger partial charge in [0, 0.05) is 47.0 Å². The number of nitrogens with zero attached hydrogens (tertiary/aromatic N) is 4. The topological polar surface area (TPSA) is 151 Å². The summed E-state index contributed by atoms with van der Waals surface area (Å²) in [5.74, 6) is -2.28. The molecule has 0 aromatic carbocycles. The number of nitrogens with two attached hydrogens (primary N) is 1. The number of β-lactam (4-membered cyclic amide) rings is 1. The third-order valence-electron chi connectivity index (χ3n) is 6.54. The van der Waals surface area contributed by atoms with Crippen LogP contribution in [0.4, 0.5) is 5.13 Å². The number of thiazole rings is 1. The zero-order chi connectivity index (χ0) is 26.3. The average molecular weight is 560 g/mol. The second kappa shape index (κ2) is 9.84. The summed E-state index contributed by atoms with van der Waals surface area (Å²) >= 11 is 7.65. The Morgan fingerprint density at radius 3 is 2.95 bits per heavy atom. The zero-order valence-corrected chi connectivity index (χ0v) is 22.1. The molecule has 5 rings (SSSR count). The van der Waals surface area contributed by atoms with Gasteiger partial charge in [-0.05, 0) is 12.0 Å². The lowest BCUT2D eigenvalue weighted by Crippen LogP contribution is -2.80. The van der Waals surface area contributed by atoms with Crippen molar-refractivity contribution >= 4 is 74.9 Å². The Hall–Kier alpha value is -3.36. The minimum Gasteiger partial charge on any atom is -0.477 e. The van der Waals surface area contributed by atoms with E-state index in [1.165, 1.54) is 34.5 Å². The molecule has 1 fully saturated rings. The molecule has 192 valence electrons. The lowest BCUT2D eigenvalue weighted by molar-refractivity contribution is -0.709. The molecule has 2 amide bonds. The number of carbonyl (C=O) groups excluding carboxylic acids is 2. The molecular formula is C23H23N6O5S3+. The molecule has 4 N–H and O–H groups in total. The molecule has 3 aliphatic rings. The van der Waals surface area contributed by atoms with Crippen LogP contribution in [-0.2, 0) is 32.2 Å². The number of fused-ring (bicyclic) bond motifs is 2. The fourth-order valence-corrected chi connectivity index (χ4v) is 7.17. The summed E-state index contributed by atoms with van der Waals surface area (Å²) in [6.07, 6.45) is 5.07. The molecule has 14 heteroatoms. The third kappa shape index (κ3) is 4.18. The van der Waals surface area contributed by atoms with Crippen LogP contribution >= 0.6 is 35.3 Å². The van der Waals surface area contributed by atoms with Crippen LogP contribution in [0.5, 0.6) is 0 Å². The molecule has 0 aliphatic carbocycles. The summed E-state index contributed by atoms with van der Waals surface area (Å²) in [5, 5.41) is 18.7. The van der Waals surface area contributed by atoms with Crippen molar-refractivity contribution in [3.8, 4) is 0 Å². The highest BCUT2D eigenvalue weighted by molar-refractivity contribution is 8.00. The molecule has 2 atom stereocenters. The fourth-order valence-electron chi connectivity index (χ4n) is 4.78. The number of hydrogen-bond acceptors (Lipinski definition) is 10. The summed E-state index contributed by atoms with van der Waals surface area (Å²) in [7, 11) is 1.27. The molecule has 0 bridgehead atoms. The smallest absolute Gasteiger partial charge is 0.352 e. The number of aromatic nitrogens is 2. The lowest BCUT2D eigenvalue weighted by Gasteiger charge is -2.55. The Morgan fingerprint density at radius 1 is 1.46 bits per heavy atom. The van der Waals surface area contributed by atoms with Crippen LogP contribution in [0, 0.1) is 0 Å². The number of carboxylic acids is 1. The van der Waals surface area contributed by atoms with Gasteiger partial charge < -0.3 is 21.0 Å². The van der Waals surface area contributed by atoms with Gasteiger partial charge in [0.2, 0.25) is 0 Å². The van der Waals surface area contributed by atoms with Crippen molar-refractivity contribution in [2.75, 3.05) is 18.6 Å². The molecule has 2 aromatic rings. The fraction of sp³-hybridized carbons (Fsp3) is 0.348. The predicted octanol–water partition coefficient (Wildman–Crippen LogP) is 0.965. The van der Waals surface area contributed by atoms with E-state index in [1.807, 2.05) is 18.3 Å². The first kappa shape index (κ1) is 25.3. The van der Waals surface area contributed by atoms with Gasteiger partial charge in [-0.1, -0.05) is 17.4 Å². The number of oxime groups is 1. The Bertz CT molecular complexity index is 1390. The quantitative estimate of drug-likeness (QED) is 0.148. The summed E-state index contributed by atoms with van der Waals surface area (Å²) in [5.41, 5.74) is 6.44. The van der Waals surface area contributed by atoms with Gasteiger partial charge in [-0.15, -0.1) is 23.1 Å². The number of nitrogens with one attached hydrogen (secondary N) is 1. The number of nitrogen functional groups attached to an aromatic ring is 1. The van der Waals surface area contributed by atoms with Gasteiger partial charge in [-0.3, -0.25) is 14.5 Å². The molecular weight excluding hydrogens is 536 g/mol. The van der Waals surface area contributed by atoms with Crippen molar-refractivity contribution in [3.05, 3.63) is 46.4 Å². The van der Waals surface area contributed by atoms with Gasteiger partial charge in [0.25, 0.3) is 11.8 Å². The van der Waals surface area contributed by atoms with E-state index >= 15 is 0 Å². The van der Waals surface area contributed by atoms with E-state index in [4.69, 9.17) is 22.8 Å². The molecule has 0 spiro atoms. The largest absolute Gasteiger partial charge is 0.477 e. The zero-order valence-electron chi connectivity index (χ0n) is 19.7. The standard InChI is InChI=1S/C23H22N6O5S3/c1-34-27-16(15-10-37-22(24)25-15)18(30)26-23(11-35)20(33)29-17(19(31)32)14(9-36-21(23)29)12-5-7-28-6-3-2-4-13(28)8-12/h5,7-8,10-11,21H,2-4,6,9H2,1H3,(H3-,24,25,26,30,31,32)/p+1/b27-16-/t21-,23+/m0/s1.